The summed E-state index contributed by atoms with van der Waals surface area (Å²) >= 11 is 0. The predicted octanol–water partition coefficient (Wildman–Crippen LogP) is 0.534. The summed E-state index contributed by atoms with van der Waals surface area (Å²) in [6.45, 7) is 4.99. The molecule has 1 heteroatoms. The van der Waals surface area contributed by atoms with Crippen LogP contribution >= 0.6 is 0 Å². The van der Waals surface area contributed by atoms with E-state index in [4.69, 9.17) is 0 Å². The van der Waals surface area contributed by atoms with Gasteiger partial charge in [-0.3, -0.25) is 0 Å². The van der Waals surface area contributed by atoms with Crippen LogP contribution in [0.5, 0.6) is 0 Å². The predicted molar refractivity (Wildman–Crippen MR) is 29.0 cm³/mol. The van der Waals surface area contributed by atoms with Crippen LogP contribution in [0.2, 0.25) is 0 Å². The minimum Gasteiger partial charge on any atom is -0.310 e. The molecule has 1 aliphatic heterocycles. The van der Waals surface area contributed by atoms with E-state index < -0.39 is 0 Å². The Hall–Kier alpha value is -0.300. The fourth-order valence-corrected chi connectivity index (χ4v) is 1.27. The van der Waals surface area contributed by atoms with Crippen molar-refractivity contribution in [1.82, 2.24) is 5.32 Å². The van der Waals surface area contributed by atoms with Gasteiger partial charge in [0.05, 0.1) is 0 Å². The molecule has 2 unspecified atom stereocenters. The summed E-state index contributed by atoms with van der Waals surface area (Å²) in [5, 5.41) is 3.34. The van der Waals surface area contributed by atoms with E-state index in [1.807, 2.05) is 0 Å². The molecule has 0 radical (unpaired) electrons. The van der Waals surface area contributed by atoms with Crippen LogP contribution in [-0.4, -0.2) is 12.6 Å². The zero-order valence-corrected chi connectivity index (χ0v) is 4.28. The molecule has 1 nitrogen and oxygen atoms in total. The van der Waals surface area contributed by atoms with Crippen molar-refractivity contribution >= 4 is 0 Å². The Kier molecular flexibility index (Phi) is 0.482. The largest absolute Gasteiger partial charge is 0.310 e. The van der Waals surface area contributed by atoms with Crippen LogP contribution in [0.3, 0.4) is 0 Å². The fourth-order valence-electron chi connectivity index (χ4n) is 1.27. The van der Waals surface area contributed by atoms with Crippen molar-refractivity contribution in [3.05, 3.63) is 12.2 Å². The molecule has 2 atom stereocenters. The Bertz CT molecular complexity index is 117. The van der Waals surface area contributed by atoms with Crippen molar-refractivity contribution in [3.8, 4) is 0 Å². The summed E-state index contributed by atoms with van der Waals surface area (Å²) in [5.41, 5.74) is 1.42. The van der Waals surface area contributed by atoms with E-state index in [0.717, 1.165) is 18.5 Å². The van der Waals surface area contributed by atoms with E-state index in [-0.39, 0.29) is 0 Å². The highest BCUT2D eigenvalue weighted by Crippen LogP contribution is 2.40. The molecule has 0 aromatic heterocycles. The van der Waals surface area contributed by atoms with Crippen LogP contribution in [0.4, 0.5) is 0 Å². The van der Waals surface area contributed by atoms with Gasteiger partial charge in [-0.2, -0.15) is 0 Å². The molecule has 38 valence electrons. The molecule has 0 amide bonds. The second kappa shape index (κ2) is 0.920. The van der Waals surface area contributed by atoms with Crippen LogP contribution < -0.4 is 5.32 Å². The van der Waals surface area contributed by atoms with E-state index in [2.05, 4.69) is 11.9 Å². The van der Waals surface area contributed by atoms with E-state index in [1.165, 1.54) is 12.0 Å². The van der Waals surface area contributed by atoms with Crippen LogP contribution in [0, 0.1) is 5.92 Å². The van der Waals surface area contributed by atoms with E-state index in [0.29, 0.717) is 0 Å². The molecule has 2 aliphatic rings. The number of hydrogen-bond donors (Lipinski definition) is 1. The molecule has 1 saturated heterocycles. The highest BCUT2D eigenvalue weighted by Gasteiger charge is 2.43. The first-order chi connectivity index (χ1) is 3.38. The van der Waals surface area contributed by atoms with Crippen molar-refractivity contribution in [2.24, 2.45) is 5.92 Å². The SMILES string of the molecule is C=C1CNC2CC12. The average Bonchev–Trinajstić information content (AvgIpc) is 2.33. The van der Waals surface area contributed by atoms with Gasteiger partial charge in [-0.25, -0.2) is 0 Å². The van der Waals surface area contributed by atoms with Gasteiger partial charge in [0.25, 0.3) is 0 Å². The van der Waals surface area contributed by atoms with Crippen LogP contribution in [0.15, 0.2) is 12.2 Å². The maximum Gasteiger partial charge on any atom is 0.0168 e. The van der Waals surface area contributed by atoms with E-state index >= 15 is 0 Å². The summed E-state index contributed by atoms with van der Waals surface area (Å²) in [4.78, 5) is 0. The van der Waals surface area contributed by atoms with Crippen molar-refractivity contribution in [2.75, 3.05) is 6.54 Å². The lowest BCUT2D eigenvalue weighted by Crippen LogP contribution is -2.11. The normalized spacial score (nSPS) is 46.6. The Morgan fingerprint density at radius 3 is 2.71 bits per heavy atom. The number of hydrogen-bond acceptors (Lipinski definition) is 1. The first-order valence-electron chi connectivity index (χ1n) is 2.79. The quantitative estimate of drug-likeness (QED) is 0.433. The molecule has 0 bridgehead atoms. The van der Waals surface area contributed by atoms with Crippen LogP contribution in [-0.2, 0) is 0 Å². The summed E-state index contributed by atoms with van der Waals surface area (Å²) in [7, 11) is 0. The summed E-state index contributed by atoms with van der Waals surface area (Å²) in [5.74, 6) is 0.875. The molecule has 1 saturated carbocycles. The number of nitrogens with one attached hydrogen (secondary N) is 1. The van der Waals surface area contributed by atoms with Gasteiger partial charge >= 0.3 is 0 Å². The number of piperidine rings is 1. The van der Waals surface area contributed by atoms with Gasteiger partial charge in [-0.1, -0.05) is 12.2 Å². The lowest BCUT2D eigenvalue weighted by atomic mass is 10.2. The third kappa shape index (κ3) is 0.361. The zero-order chi connectivity index (χ0) is 4.85. The minimum atomic E-state index is 0.840. The van der Waals surface area contributed by atoms with Crippen molar-refractivity contribution in [3.63, 3.8) is 0 Å². The smallest absolute Gasteiger partial charge is 0.0168 e. The van der Waals surface area contributed by atoms with Gasteiger partial charge in [0.15, 0.2) is 0 Å². The van der Waals surface area contributed by atoms with E-state index in [1.54, 1.807) is 0 Å². The second-order valence-electron chi connectivity index (χ2n) is 2.49. The molecule has 2 rings (SSSR count). The van der Waals surface area contributed by atoms with Gasteiger partial charge < -0.3 is 5.32 Å². The third-order valence-electron chi connectivity index (χ3n) is 1.91. The molecule has 0 aromatic carbocycles. The topological polar surface area (TPSA) is 12.0 Å². The van der Waals surface area contributed by atoms with Crippen molar-refractivity contribution < 1.29 is 0 Å². The first kappa shape index (κ1) is 3.67. The van der Waals surface area contributed by atoms with E-state index in [9.17, 15) is 0 Å². The summed E-state index contributed by atoms with van der Waals surface area (Å²) in [6.07, 6.45) is 1.36. The highest BCUT2D eigenvalue weighted by atomic mass is 15.0. The van der Waals surface area contributed by atoms with Crippen molar-refractivity contribution in [2.45, 2.75) is 12.5 Å². The zero-order valence-electron chi connectivity index (χ0n) is 4.28. The molecule has 7 heavy (non-hydrogen) atoms. The van der Waals surface area contributed by atoms with Gasteiger partial charge in [0.1, 0.15) is 0 Å². The maximum absolute atomic E-state index is 3.91. The molecule has 1 aliphatic carbocycles. The standard InChI is InChI=1S/C6H9N/c1-4-3-7-6-2-5(4)6/h5-7H,1-3H2. The summed E-state index contributed by atoms with van der Waals surface area (Å²) < 4.78 is 0. The second-order valence-corrected chi connectivity index (χ2v) is 2.49. The monoisotopic (exact) mass is 95.1 g/mol. The Balaban J connectivity index is 2.21. The van der Waals surface area contributed by atoms with Crippen LogP contribution in [0.1, 0.15) is 6.42 Å². The molecule has 1 N–H and O–H groups in total. The minimum absolute atomic E-state index is 0.840. The molecule has 1 heterocycles. The lowest BCUT2D eigenvalue weighted by molar-refractivity contribution is 0.792. The van der Waals surface area contributed by atoms with Crippen LogP contribution in [0.25, 0.3) is 0 Å². The summed E-state index contributed by atoms with van der Waals surface area (Å²) in [6, 6.07) is 0.840. The Morgan fingerprint density at radius 2 is 2.57 bits per heavy atom. The Labute approximate surface area is 43.4 Å². The van der Waals surface area contributed by atoms with Gasteiger partial charge in [0, 0.05) is 12.6 Å². The highest BCUT2D eigenvalue weighted by molar-refractivity contribution is 5.22. The molecule has 2 fully saturated rings. The molecular formula is C6H9N. The molecular weight excluding hydrogens is 86.1 g/mol. The van der Waals surface area contributed by atoms with Crippen molar-refractivity contribution in [1.29, 1.82) is 0 Å². The van der Waals surface area contributed by atoms with Gasteiger partial charge in [-0.15, -0.1) is 0 Å². The Morgan fingerprint density at radius 1 is 1.71 bits per heavy atom. The molecule has 0 spiro atoms. The van der Waals surface area contributed by atoms with Gasteiger partial charge in [-0.05, 0) is 12.3 Å². The fraction of sp³-hybridized carbons (Fsp3) is 0.667. The lowest BCUT2D eigenvalue weighted by Gasteiger charge is -1.90. The number of rotatable bonds is 0. The average molecular weight is 95.1 g/mol. The first-order valence-corrected chi connectivity index (χ1v) is 2.79. The molecule has 0 aromatic rings. The number of fused-ring (bicyclic) bond motifs is 1. The third-order valence-corrected chi connectivity index (χ3v) is 1.91. The maximum atomic E-state index is 3.91. The van der Waals surface area contributed by atoms with Gasteiger partial charge in [0.2, 0.25) is 0 Å².